The molecule has 3 aromatic heterocycles. The number of para-hydroxylation sites is 1. The molecule has 0 radical (unpaired) electrons. The second-order valence-electron chi connectivity index (χ2n) is 9.36. The van der Waals surface area contributed by atoms with E-state index in [4.69, 9.17) is 27.2 Å². The van der Waals surface area contributed by atoms with Crippen LogP contribution in [0.15, 0.2) is 83.9 Å². The minimum absolute atomic E-state index is 0.206. The number of fused-ring (bicyclic) bond motifs is 2. The third-order valence-electron chi connectivity index (χ3n) is 7.02. The molecule has 194 valence electrons. The average Bonchev–Trinajstić information content (AvgIpc) is 3.34. The van der Waals surface area contributed by atoms with Gasteiger partial charge in [0.15, 0.2) is 5.65 Å². The second kappa shape index (κ2) is 9.56. The Hall–Kier alpha value is -4.69. The predicted molar refractivity (Wildman–Crippen MR) is 155 cm³/mol. The van der Waals surface area contributed by atoms with Gasteiger partial charge in [-0.05, 0) is 67.3 Å². The van der Waals surface area contributed by atoms with E-state index in [1.807, 2.05) is 80.6 Å². The Bertz CT molecular complexity index is 1930. The van der Waals surface area contributed by atoms with Crippen LogP contribution in [0.2, 0.25) is 5.02 Å². The first kappa shape index (κ1) is 24.6. The van der Waals surface area contributed by atoms with Gasteiger partial charge in [-0.25, -0.2) is 14.6 Å². The van der Waals surface area contributed by atoms with Crippen LogP contribution in [0.3, 0.4) is 0 Å². The van der Waals surface area contributed by atoms with Crippen molar-refractivity contribution in [1.82, 2.24) is 24.3 Å². The predicted octanol–water partition coefficient (Wildman–Crippen LogP) is 5.96. The van der Waals surface area contributed by atoms with E-state index in [-0.39, 0.29) is 5.56 Å². The van der Waals surface area contributed by atoms with E-state index in [9.17, 15) is 4.79 Å². The fourth-order valence-corrected chi connectivity index (χ4v) is 5.37. The Morgan fingerprint density at radius 1 is 0.974 bits per heavy atom. The molecular weight excluding hydrogens is 512 g/mol. The molecule has 6 rings (SSSR count). The molecule has 0 unspecified atom stereocenters. The molecule has 1 atom stereocenters. The van der Waals surface area contributed by atoms with Crippen molar-refractivity contribution in [2.24, 2.45) is 0 Å². The van der Waals surface area contributed by atoms with Gasteiger partial charge in [0, 0.05) is 11.3 Å². The topological polar surface area (TPSA) is 101 Å². The number of anilines is 1. The van der Waals surface area contributed by atoms with Gasteiger partial charge >= 0.3 is 0 Å². The van der Waals surface area contributed by atoms with Gasteiger partial charge in [-0.15, -0.1) is 0 Å². The second-order valence-corrected chi connectivity index (χ2v) is 9.77. The van der Waals surface area contributed by atoms with Gasteiger partial charge in [0.25, 0.3) is 5.56 Å². The number of nitrogens with zero attached hydrogens (tertiary/aromatic N) is 5. The van der Waals surface area contributed by atoms with Gasteiger partial charge in [-0.2, -0.15) is 5.10 Å². The lowest BCUT2D eigenvalue weighted by Crippen LogP contribution is -2.26. The average molecular weight is 537 g/mol. The lowest BCUT2D eigenvalue weighted by molar-refractivity contribution is 0.412. The summed E-state index contributed by atoms with van der Waals surface area (Å²) in [5.74, 6) is 1.11. The first-order valence-corrected chi connectivity index (χ1v) is 12.8. The minimum atomic E-state index is -0.411. The number of halogens is 1. The van der Waals surface area contributed by atoms with Gasteiger partial charge in [0.1, 0.15) is 23.6 Å². The molecule has 0 aliphatic rings. The molecule has 6 aromatic rings. The molecule has 0 aliphatic carbocycles. The molecule has 0 aliphatic heterocycles. The summed E-state index contributed by atoms with van der Waals surface area (Å²) in [6.07, 6.45) is 1.43. The standard InChI is InChI=1S/C30H25ClN6O2/c1-17-14-20(12-13-24(17)39-3)27-26-28(32)33-16-34-29(26)37(35-27)18(2)23-15-19-8-7-11-22(31)25(19)30(38)36(23)21-9-5-4-6-10-21/h4-16,18H,1-3H3,(H2,32,33,34)/t18-/m1/s1. The molecule has 0 bridgehead atoms. The van der Waals surface area contributed by atoms with E-state index in [0.717, 1.165) is 33.6 Å². The zero-order valence-corrected chi connectivity index (χ0v) is 22.3. The molecule has 0 spiro atoms. The number of rotatable bonds is 5. The molecule has 9 heteroatoms. The van der Waals surface area contributed by atoms with Gasteiger partial charge in [0.05, 0.1) is 34.6 Å². The van der Waals surface area contributed by atoms with Crippen LogP contribution in [0.1, 0.15) is 24.2 Å². The van der Waals surface area contributed by atoms with Crippen molar-refractivity contribution >= 4 is 39.2 Å². The number of ether oxygens (including phenoxy) is 1. The Morgan fingerprint density at radius 2 is 1.77 bits per heavy atom. The number of aryl methyl sites for hydroxylation is 1. The van der Waals surface area contributed by atoms with Crippen molar-refractivity contribution in [3.63, 3.8) is 0 Å². The van der Waals surface area contributed by atoms with Crippen LogP contribution in [-0.4, -0.2) is 31.4 Å². The van der Waals surface area contributed by atoms with E-state index < -0.39 is 6.04 Å². The maximum absolute atomic E-state index is 13.9. The third kappa shape index (κ3) is 4.00. The van der Waals surface area contributed by atoms with E-state index in [2.05, 4.69) is 9.97 Å². The molecule has 0 saturated carbocycles. The zero-order chi connectivity index (χ0) is 27.3. The summed E-state index contributed by atoms with van der Waals surface area (Å²) in [6, 6.07) is 22.4. The zero-order valence-electron chi connectivity index (χ0n) is 21.6. The van der Waals surface area contributed by atoms with Crippen molar-refractivity contribution < 1.29 is 4.74 Å². The highest BCUT2D eigenvalue weighted by molar-refractivity contribution is 6.35. The Balaban J connectivity index is 1.63. The van der Waals surface area contributed by atoms with Crippen LogP contribution in [-0.2, 0) is 0 Å². The van der Waals surface area contributed by atoms with Crippen LogP contribution in [0.4, 0.5) is 5.82 Å². The summed E-state index contributed by atoms with van der Waals surface area (Å²) in [5.41, 5.74) is 10.7. The highest BCUT2D eigenvalue weighted by atomic mass is 35.5. The molecule has 8 nitrogen and oxygen atoms in total. The molecule has 3 heterocycles. The smallest absolute Gasteiger partial charge is 0.264 e. The summed E-state index contributed by atoms with van der Waals surface area (Å²) in [5, 5.41) is 7.27. The largest absolute Gasteiger partial charge is 0.496 e. The van der Waals surface area contributed by atoms with Crippen molar-refractivity contribution in [3.8, 4) is 22.7 Å². The Labute approximate surface area is 229 Å². The SMILES string of the molecule is COc1ccc(-c2nn([C@H](C)c3cc4cccc(Cl)c4c(=O)n3-c3ccccc3)c3ncnc(N)c23)cc1C. The third-order valence-corrected chi connectivity index (χ3v) is 7.34. The van der Waals surface area contributed by atoms with Gasteiger partial charge < -0.3 is 10.5 Å². The Kier molecular flexibility index (Phi) is 6.04. The maximum Gasteiger partial charge on any atom is 0.264 e. The molecule has 39 heavy (non-hydrogen) atoms. The van der Waals surface area contributed by atoms with Gasteiger partial charge in [0.2, 0.25) is 0 Å². The van der Waals surface area contributed by atoms with Gasteiger partial charge in [-0.3, -0.25) is 9.36 Å². The molecule has 0 amide bonds. The maximum atomic E-state index is 13.9. The minimum Gasteiger partial charge on any atom is -0.496 e. The number of pyridine rings is 1. The normalized spacial score (nSPS) is 12.2. The number of nitrogen functional groups attached to an aromatic ring is 1. The van der Waals surface area contributed by atoms with Gasteiger partial charge in [-0.1, -0.05) is 41.9 Å². The Morgan fingerprint density at radius 3 is 2.51 bits per heavy atom. The lowest BCUT2D eigenvalue weighted by atomic mass is 10.1. The fraction of sp³-hybridized carbons (Fsp3) is 0.133. The first-order valence-electron chi connectivity index (χ1n) is 12.4. The quantitative estimate of drug-likeness (QED) is 0.292. The summed E-state index contributed by atoms with van der Waals surface area (Å²) in [6.45, 7) is 3.96. The molecule has 2 N–H and O–H groups in total. The van der Waals surface area contributed by atoms with Crippen molar-refractivity contribution in [3.05, 3.63) is 106 Å². The molecule has 0 saturated heterocycles. The van der Waals surface area contributed by atoms with E-state index in [1.165, 1.54) is 6.33 Å². The van der Waals surface area contributed by atoms with E-state index >= 15 is 0 Å². The number of nitrogens with two attached hydrogens (primary N) is 1. The summed E-state index contributed by atoms with van der Waals surface area (Å²) in [7, 11) is 1.64. The van der Waals surface area contributed by atoms with Crippen LogP contribution in [0.5, 0.6) is 5.75 Å². The molecular formula is C30H25ClN6O2. The number of hydrogen-bond donors (Lipinski definition) is 1. The monoisotopic (exact) mass is 536 g/mol. The van der Waals surface area contributed by atoms with E-state index in [0.29, 0.717) is 33.0 Å². The number of methoxy groups -OCH3 is 1. The molecule has 0 fully saturated rings. The van der Waals surface area contributed by atoms with Crippen LogP contribution in [0, 0.1) is 6.92 Å². The number of hydrogen-bond acceptors (Lipinski definition) is 6. The van der Waals surface area contributed by atoms with Crippen molar-refractivity contribution in [1.29, 1.82) is 0 Å². The van der Waals surface area contributed by atoms with Crippen LogP contribution in [0.25, 0.3) is 38.8 Å². The van der Waals surface area contributed by atoms with Crippen LogP contribution < -0.4 is 16.0 Å². The molecule has 3 aromatic carbocycles. The summed E-state index contributed by atoms with van der Waals surface area (Å²) < 4.78 is 8.93. The van der Waals surface area contributed by atoms with Crippen LogP contribution >= 0.6 is 11.6 Å². The van der Waals surface area contributed by atoms with Crippen molar-refractivity contribution in [2.75, 3.05) is 12.8 Å². The summed E-state index contributed by atoms with van der Waals surface area (Å²) >= 11 is 6.50. The first-order chi connectivity index (χ1) is 18.9. The van der Waals surface area contributed by atoms with E-state index in [1.54, 1.807) is 22.4 Å². The van der Waals surface area contributed by atoms with Crippen molar-refractivity contribution in [2.45, 2.75) is 19.9 Å². The fourth-order valence-electron chi connectivity index (χ4n) is 5.11. The summed E-state index contributed by atoms with van der Waals surface area (Å²) in [4.78, 5) is 22.8. The highest BCUT2D eigenvalue weighted by Crippen LogP contribution is 2.35. The number of benzene rings is 3. The highest BCUT2D eigenvalue weighted by Gasteiger charge is 2.25. The lowest BCUT2D eigenvalue weighted by Gasteiger charge is -2.21. The number of aromatic nitrogens is 5.